The quantitative estimate of drug-likeness (QED) is 0.390. The molecule has 3 N–H and O–H groups in total. The Labute approximate surface area is 119 Å². The monoisotopic (exact) mass is 289 g/mol. The molecule has 0 aliphatic rings. The molecule has 108 valence electrons. The van der Waals surface area contributed by atoms with E-state index in [4.69, 9.17) is 15.9 Å². The predicted octanol–water partition coefficient (Wildman–Crippen LogP) is 3.12. The van der Waals surface area contributed by atoms with Crippen molar-refractivity contribution in [2.45, 2.75) is 6.92 Å². The number of nitrogens with one attached hydrogen (secondary N) is 1. The molecule has 0 bridgehead atoms. The molecule has 21 heavy (non-hydrogen) atoms. The van der Waals surface area contributed by atoms with Crippen molar-refractivity contribution >= 4 is 11.5 Å². The van der Waals surface area contributed by atoms with Crippen LogP contribution in [0.5, 0.6) is 11.5 Å². The number of benzene rings is 2. The molecule has 2 aromatic rings. The molecule has 0 saturated heterocycles. The molecule has 2 rings (SSSR count). The van der Waals surface area contributed by atoms with Gasteiger partial charge in [0.1, 0.15) is 17.4 Å². The van der Waals surface area contributed by atoms with E-state index in [1.807, 2.05) is 6.92 Å². The van der Waals surface area contributed by atoms with Gasteiger partial charge in [0.15, 0.2) is 0 Å². The number of nitro benzene ring substituents is 1. The molecule has 0 atom stereocenters. The Morgan fingerprint density at radius 1 is 1.29 bits per heavy atom. The van der Waals surface area contributed by atoms with Crippen LogP contribution in [-0.2, 0) is 0 Å². The lowest BCUT2D eigenvalue weighted by atomic mass is 10.1. The number of rotatable bonds is 4. The van der Waals surface area contributed by atoms with Gasteiger partial charge in [-0.15, -0.1) is 0 Å². The molecule has 0 amide bonds. The average molecular weight is 289 g/mol. The maximum Gasteiger partial charge on any atom is 0.314 e. The maximum atomic E-state index is 13.1. The fourth-order valence-electron chi connectivity index (χ4n) is 1.78. The van der Waals surface area contributed by atoms with Gasteiger partial charge >= 0.3 is 5.69 Å². The second-order valence-corrected chi connectivity index (χ2v) is 4.38. The van der Waals surface area contributed by atoms with Crippen LogP contribution in [0.25, 0.3) is 0 Å². The summed E-state index contributed by atoms with van der Waals surface area (Å²) in [5.74, 6) is -0.876. The lowest BCUT2D eigenvalue weighted by molar-refractivity contribution is -0.385. The summed E-state index contributed by atoms with van der Waals surface area (Å²) in [6.07, 6.45) is 0. The third kappa shape index (κ3) is 3.14. The van der Waals surface area contributed by atoms with E-state index >= 15 is 0 Å². The van der Waals surface area contributed by atoms with Crippen molar-refractivity contribution in [3.05, 3.63) is 63.5 Å². The minimum absolute atomic E-state index is 0.118. The Balaban J connectivity index is 2.48. The summed E-state index contributed by atoms with van der Waals surface area (Å²) in [4.78, 5) is 10.2. The highest BCUT2D eigenvalue weighted by molar-refractivity contribution is 5.97. The van der Waals surface area contributed by atoms with E-state index in [2.05, 4.69) is 0 Å². The van der Waals surface area contributed by atoms with Crippen LogP contribution in [0.3, 0.4) is 0 Å². The van der Waals surface area contributed by atoms with Gasteiger partial charge in [0.2, 0.25) is 5.75 Å². The van der Waals surface area contributed by atoms with Gasteiger partial charge in [0.25, 0.3) is 0 Å². The van der Waals surface area contributed by atoms with Gasteiger partial charge in [-0.25, -0.2) is 4.39 Å². The highest BCUT2D eigenvalue weighted by Crippen LogP contribution is 2.33. The Hall–Kier alpha value is -2.96. The summed E-state index contributed by atoms with van der Waals surface area (Å²) in [6, 6.07) is 7.90. The third-order valence-electron chi connectivity index (χ3n) is 2.76. The Kier molecular flexibility index (Phi) is 3.84. The van der Waals surface area contributed by atoms with Gasteiger partial charge in [-0.05, 0) is 31.2 Å². The molecule has 0 aliphatic carbocycles. The van der Waals surface area contributed by atoms with E-state index in [1.165, 1.54) is 0 Å². The van der Waals surface area contributed by atoms with Gasteiger partial charge in [-0.2, -0.15) is 0 Å². The van der Waals surface area contributed by atoms with Gasteiger partial charge < -0.3 is 10.5 Å². The van der Waals surface area contributed by atoms with Crippen molar-refractivity contribution in [3.8, 4) is 11.5 Å². The first-order valence-corrected chi connectivity index (χ1v) is 5.95. The van der Waals surface area contributed by atoms with Crippen LogP contribution in [0.1, 0.15) is 11.1 Å². The molecule has 0 aromatic heterocycles. The van der Waals surface area contributed by atoms with Crippen molar-refractivity contribution < 1.29 is 14.1 Å². The molecule has 0 aliphatic heterocycles. The first-order chi connectivity index (χ1) is 9.88. The fraction of sp³-hybridized carbons (Fsp3) is 0.0714. The molecule has 0 saturated carbocycles. The second kappa shape index (κ2) is 5.58. The average Bonchev–Trinajstić information content (AvgIpc) is 2.42. The lowest BCUT2D eigenvalue weighted by Gasteiger charge is -2.11. The zero-order valence-corrected chi connectivity index (χ0v) is 11.1. The Morgan fingerprint density at radius 2 is 1.95 bits per heavy atom. The van der Waals surface area contributed by atoms with Crippen molar-refractivity contribution in [2.24, 2.45) is 5.73 Å². The van der Waals surface area contributed by atoms with Crippen LogP contribution < -0.4 is 10.5 Å². The molecular formula is C14H12FN3O3. The predicted molar refractivity (Wildman–Crippen MR) is 75.3 cm³/mol. The van der Waals surface area contributed by atoms with Crippen LogP contribution in [0, 0.1) is 28.3 Å². The summed E-state index contributed by atoms with van der Waals surface area (Å²) in [5, 5.41) is 18.4. The number of nitrogen functional groups attached to an aromatic ring is 1. The van der Waals surface area contributed by atoms with Crippen molar-refractivity contribution in [3.63, 3.8) is 0 Å². The number of hydrogen-bond acceptors (Lipinski definition) is 4. The molecular weight excluding hydrogens is 277 g/mol. The fourth-order valence-corrected chi connectivity index (χ4v) is 1.78. The number of nitrogens with zero attached hydrogens (tertiary/aromatic N) is 1. The minimum atomic E-state index is -0.736. The van der Waals surface area contributed by atoms with Crippen LogP contribution in [0.4, 0.5) is 10.1 Å². The maximum absolute atomic E-state index is 13.1. The first-order valence-electron chi connectivity index (χ1n) is 5.95. The third-order valence-corrected chi connectivity index (χ3v) is 2.76. The number of halogens is 1. The second-order valence-electron chi connectivity index (χ2n) is 4.38. The number of nitrogens with two attached hydrogens (primary N) is 1. The number of ether oxygens (including phenoxy) is 1. The highest BCUT2D eigenvalue weighted by Gasteiger charge is 2.18. The van der Waals surface area contributed by atoms with Crippen LogP contribution >= 0.6 is 0 Å². The summed E-state index contributed by atoms with van der Waals surface area (Å²) in [5.41, 5.74) is 6.15. The van der Waals surface area contributed by atoms with E-state index in [0.29, 0.717) is 5.56 Å². The SMILES string of the molecule is Cc1ccc(Oc2ccc(F)cc2[N+](=O)[O-])c(C(=N)N)c1. The minimum Gasteiger partial charge on any atom is -0.449 e. The van der Waals surface area contributed by atoms with E-state index in [1.54, 1.807) is 18.2 Å². The normalized spacial score (nSPS) is 10.2. The van der Waals surface area contributed by atoms with Crippen molar-refractivity contribution in [1.29, 1.82) is 5.41 Å². The zero-order chi connectivity index (χ0) is 15.6. The molecule has 0 spiro atoms. The summed E-state index contributed by atoms with van der Waals surface area (Å²) in [7, 11) is 0. The lowest BCUT2D eigenvalue weighted by Crippen LogP contribution is -2.12. The Morgan fingerprint density at radius 3 is 2.57 bits per heavy atom. The molecule has 0 heterocycles. The van der Waals surface area contributed by atoms with E-state index in [0.717, 1.165) is 23.8 Å². The smallest absolute Gasteiger partial charge is 0.314 e. The molecule has 0 radical (unpaired) electrons. The molecule has 6 nitrogen and oxygen atoms in total. The largest absolute Gasteiger partial charge is 0.449 e. The number of amidine groups is 1. The van der Waals surface area contributed by atoms with Crippen molar-refractivity contribution in [1.82, 2.24) is 0 Å². The van der Waals surface area contributed by atoms with Crippen LogP contribution in [-0.4, -0.2) is 10.8 Å². The standard InChI is InChI=1S/C14H12FN3O3/c1-8-2-4-12(10(6-8)14(16)17)21-13-5-3-9(15)7-11(13)18(19)20/h2-7H,1H3,(H3,16,17). The highest BCUT2D eigenvalue weighted by atomic mass is 19.1. The van der Waals surface area contributed by atoms with E-state index < -0.39 is 16.4 Å². The number of aryl methyl sites for hydroxylation is 1. The van der Waals surface area contributed by atoms with Gasteiger partial charge in [-0.3, -0.25) is 15.5 Å². The molecule has 7 heteroatoms. The van der Waals surface area contributed by atoms with Crippen LogP contribution in [0.2, 0.25) is 0 Å². The summed E-state index contributed by atoms with van der Waals surface area (Å²) >= 11 is 0. The van der Waals surface area contributed by atoms with Gasteiger partial charge in [0.05, 0.1) is 16.6 Å². The number of nitro groups is 1. The molecule has 0 fully saturated rings. The van der Waals surface area contributed by atoms with Gasteiger partial charge in [-0.1, -0.05) is 11.6 Å². The van der Waals surface area contributed by atoms with E-state index in [-0.39, 0.29) is 17.3 Å². The first kappa shape index (κ1) is 14.4. The number of hydrogen-bond donors (Lipinski definition) is 2. The summed E-state index contributed by atoms with van der Waals surface area (Å²) < 4.78 is 18.5. The van der Waals surface area contributed by atoms with E-state index in [9.17, 15) is 14.5 Å². The topological polar surface area (TPSA) is 102 Å². The van der Waals surface area contributed by atoms with Crippen molar-refractivity contribution in [2.75, 3.05) is 0 Å². The molecule has 2 aromatic carbocycles. The summed E-state index contributed by atoms with van der Waals surface area (Å²) in [6.45, 7) is 1.82. The zero-order valence-electron chi connectivity index (χ0n) is 11.1. The Bertz CT molecular complexity index is 670. The van der Waals surface area contributed by atoms with Gasteiger partial charge in [0, 0.05) is 0 Å². The van der Waals surface area contributed by atoms with Crippen LogP contribution in [0.15, 0.2) is 36.4 Å². The molecule has 0 unspecified atom stereocenters.